The van der Waals surface area contributed by atoms with Crippen LogP contribution in [-0.4, -0.2) is 65.2 Å². The minimum Gasteiger partial charge on any atom is -0.490 e. The minimum absolute atomic E-state index is 0.0142. The molecule has 0 unspecified atom stereocenters. The molecule has 5 nitrogen and oxygen atoms in total. The van der Waals surface area contributed by atoms with Crippen molar-refractivity contribution in [3.8, 4) is 5.75 Å². The second-order valence-corrected chi connectivity index (χ2v) is 9.63. The second-order valence-electron chi connectivity index (χ2n) is 9.63. The van der Waals surface area contributed by atoms with Gasteiger partial charge in [-0.15, -0.1) is 0 Å². The van der Waals surface area contributed by atoms with Gasteiger partial charge < -0.3 is 14.7 Å². The van der Waals surface area contributed by atoms with Crippen molar-refractivity contribution >= 4 is 5.91 Å². The molecule has 2 fully saturated rings. The van der Waals surface area contributed by atoms with Gasteiger partial charge in [0.1, 0.15) is 18.0 Å². The van der Waals surface area contributed by atoms with E-state index in [1.807, 2.05) is 31.2 Å². The summed E-state index contributed by atoms with van der Waals surface area (Å²) in [4.78, 5) is 16.2. The summed E-state index contributed by atoms with van der Waals surface area (Å²) >= 11 is 0. The van der Waals surface area contributed by atoms with E-state index in [1.54, 1.807) is 11.8 Å². The monoisotopic (exact) mass is 388 g/mol. The number of carbonyl (C=O) groups is 1. The molecule has 1 saturated heterocycles. The van der Waals surface area contributed by atoms with Gasteiger partial charge in [-0.2, -0.15) is 0 Å². The van der Waals surface area contributed by atoms with Crippen LogP contribution in [0.3, 0.4) is 0 Å². The molecule has 0 spiro atoms. The number of aryl methyl sites for hydroxylation is 1. The zero-order chi connectivity index (χ0) is 20.4. The van der Waals surface area contributed by atoms with Gasteiger partial charge in [0.2, 0.25) is 5.91 Å². The average molecular weight is 389 g/mol. The van der Waals surface area contributed by atoms with Gasteiger partial charge in [0.05, 0.1) is 6.54 Å². The molecule has 1 amide bonds. The maximum absolute atomic E-state index is 12.1. The quantitative estimate of drug-likeness (QED) is 0.860. The van der Waals surface area contributed by atoms with Crippen LogP contribution in [0.1, 0.15) is 52.0 Å². The summed E-state index contributed by atoms with van der Waals surface area (Å²) in [6.07, 6.45) is 4.73. The van der Waals surface area contributed by atoms with Gasteiger partial charge in [-0.3, -0.25) is 9.69 Å². The van der Waals surface area contributed by atoms with Gasteiger partial charge in [0.25, 0.3) is 0 Å². The molecule has 1 aromatic carbocycles. The molecule has 2 aliphatic rings. The van der Waals surface area contributed by atoms with E-state index in [9.17, 15) is 9.90 Å². The largest absolute Gasteiger partial charge is 0.490 e. The molecule has 1 atom stereocenters. The summed E-state index contributed by atoms with van der Waals surface area (Å²) in [5, 5.41) is 11.4. The fraction of sp³-hybridized carbons (Fsp3) is 0.696. The minimum atomic E-state index is -1.07. The smallest absolute Gasteiger partial charge is 0.219 e. The van der Waals surface area contributed by atoms with Gasteiger partial charge in [0.15, 0.2) is 0 Å². The average Bonchev–Trinajstić information content (AvgIpc) is 2.81. The highest BCUT2D eigenvalue weighted by Crippen LogP contribution is 2.37. The molecule has 1 aliphatic carbocycles. The highest BCUT2D eigenvalue weighted by Gasteiger charge is 2.40. The van der Waals surface area contributed by atoms with Crippen LogP contribution in [0, 0.1) is 12.3 Å². The number of rotatable bonds is 4. The third-order valence-corrected chi connectivity index (χ3v) is 6.44. The van der Waals surface area contributed by atoms with E-state index in [2.05, 4.69) is 18.7 Å². The van der Waals surface area contributed by atoms with Crippen LogP contribution in [0.2, 0.25) is 0 Å². The first-order valence-corrected chi connectivity index (χ1v) is 10.6. The van der Waals surface area contributed by atoms with Crippen molar-refractivity contribution in [2.45, 2.75) is 65.0 Å². The molecule has 5 heteroatoms. The lowest BCUT2D eigenvalue weighted by Gasteiger charge is -2.41. The predicted molar refractivity (Wildman–Crippen MR) is 111 cm³/mol. The van der Waals surface area contributed by atoms with Crippen LogP contribution in [0.25, 0.3) is 0 Å². The number of benzene rings is 1. The van der Waals surface area contributed by atoms with Gasteiger partial charge in [-0.25, -0.2) is 0 Å². The summed E-state index contributed by atoms with van der Waals surface area (Å²) in [6, 6.07) is 8.35. The highest BCUT2D eigenvalue weighted by molar-refractivity contribution is 5.73. The second kappa shape index (κ2) is 8.42. The normalized spacial score (nSPS) is 26.7. The van der Waals surface area contributed by atoms with Crippen LogP contribution in [-0.2, 0) is 4.79 Å². The number of β-amino-alcohol motifs (C(OH)–C–C–N with tert-alkyl or cyclic N) is 1. The van der Waals surface area contributed by atoms with E-state index in [0.717, 1.165) is 25.1 Å². The van der Waals surface area contributed by atoms with Crippen molar-refractivity contribution in [2.75, 3.05) is 32.8 Å². The number of aliphatic hydroxyl groups is 1. The molecule has 1 aromatic rings. The van der Waals surface area contributed by atoms with E-state index < -0.39 is 5.60 Å². The van der Waals surface area contributed by atoms with Gasteiger partial charge >= 0.3 is 0 Å². The standard InChI is InChI=1S/C23H36N2O3/c1-18-5-7-21(8-6-18)28-17-23(27)15-24(19(2)26)13-14-25(16-23)20-9-11-22(3,4)12-10-20/h5-8,20,27H,9-17H2,1-4H3/t23-/m1/s1. The molecule has 156 valence electrons. The summed E-state index contributed by atoms with van der Waals surface area (Å²) in [7, 11) is 0. The first kappa shape index (κ1) is 21.1. The Morgan fingerprint density at radius 1 is 1.14 bits per heavy atom. The van der Waals surface area contributed by atoms with Gasteiger partial charge in [0, 0.05) is 32.6 Å². The first-order valence-electron chi connectivity index (χ1n) is 10.6. The lowest BCUT2D eigenvalue weighted by atomic mass is 9.75. The third-order valence-electron chi connectivity index (χ3n) is 6.44. The Kier molecular flexibility index (Phi) is 6.35. The zero-order valence-corrected chi connectivity index (χ0v) is 17.9. The lowest BCUT2D eigenvalue weighted by Crippen LogP contribution is -2.53. The van der Waals surface area contributed by atoms with Crippen LogP contribution in [0.15, 0.2) is 24.3 Å². The fourth-order valence-electron chi connectivity index (χ4n) is 4.46. The Labute approximate surface area is 169 Å². The van der Waals surface area contributed by atoms with Crippen LogP contribution in [0.5, 0.6) is 5.75 Å². The van der Waals surface area contributed by atoms with Crippen LogP contribution < -0.4 is 4.74 Å². The van der Waals surface area contributed by atoms with Crippen molar-refractivity contribution in [3.63, 3.8) is 0 Å². The van der Waals surface area contributed by atoms with E-state index in [0.29, 0.717) is 31.1 Å². The zero-order valence-electron chi connectivity index (χ0n) is 17.9. The van der Waals surface area contributed by atoms with Crippen molar-refractivity contribution in [1.29, 1.82) is 0 Å². The van der Waals surface area contributed by atoms with Crippen molar-refractivity contribution in [1.82, 2.24) is 9.80 Å². The molecular weight excluding hydrogens is 352 g/mol. The summed E-state index contributed by atoms with van der Waals surface area (Å²) < 4.78 is 5.94. The number of amides is 1. The Bertz CT molecular complexity index is 663. The molecule has 0 radical (unpaired) electrons. The molecule has 1 aliphatic heterocycles. The number of ether oxygens (including phenoxy) is 1. The molecule has 1 N–H and O–H groups in total. The maximum Gasteiger partial charge on any atom is 0.219 e. The molecule has 0 bridgehead atoms. The predicted octanol–water partition coefficient (Wildman–Crippen LogP) is 3.24. The Balaban J connectivity index is 1.70. The van der Waals surface area contributed by atoms with E-state index >= 15 is 0 Å². The molecule has 1 heterocycles. The lowest BCUT2D eigenvalue weighted by molar-refractivity contribution is -0.132. The number of hydrogen-bond acceptors (Lipinski definition) is 4. The van der Waals surface area contributed by atoms with Crippen molar-refractivity contribution in [3.05, 3.63) is 29.8 Å². The van der Waals surface area contributed by atoms with E-state index in [-0.39, 0.29) is 12.5 Å². The molecule has 1 saturated carbocycles. The fourth-order valence-corrected chi connectivity index (χ4v) is 4.46. The topological polar surface area (TPSA) is 53.0 Å². The van der Waals surface area contributed by atoms with Crippen LogP contribution >= 0.6 is 0 Å². The summed E-state index contributed by atoms with van der Waals surface area (Å²) in [5.41, 5.74) is 0.522. The van der Waals surface area contributed by atoms with Crippen molar-refractivity contribution < 1.29 is 14.6 Å². The summed E-state index contributed by atoms with van der Waals surface area (Å²) in [6.45, 7) is 10.9. The molecular formula is C23H36N2O3. The number of nitrogens with zero attached hydrogens (tertiary/aromatic N) is 2. The highest BCUT2D eigenvalue weighted by atomic mass is 16.5. The molecule has 0 aromatic heterocycles. The number of hydrogen-bond donors (Lipinski definition) is 1. The maximum atomic E-state index is 12.1. The number of carbonyl (C=O) groups excluding carboxylic acids is 1. The molecule has 28 heavy (non-hydrogen) atoms. The Hall–Kier alpha value is -1.59. The van der Waals surface area contributed by atoms with E-state index in [4.69, 9.17) is 4.74 Å². The first-order chi connectivity index (χ1) is 13.2. The van der Waals surface area contributed by atoms with Gasteiger partial charge in [-0.1, -0.05) is 31.5 Å². The Morgan fingerprint density at radius 3 is 2.39 bits per heavy atom. The van der Waals surface area contributed by atoms with Crippen LogP contribution in [0.4, 0.5) is 0 Å². The third kappa shape index (κ3) is 5.48. The summed E-state index contributed by atoms with van der Waals surface area (Å²) in [5.74, 6) is 0.768. The molecule has 3 rings (SSSR count). The van der Waals surface area contributed by atoms with Crippen molar-refractivity contribution in [2.24, 2.45) is 5.41 Å². The SMILES string of the molecule is CC(=O)N1CCN(C2CCC(C)(C)CC2)C[C@@](O)(COc2ccc(C)cc2)C1. The Morgan fingerprint density at radius 2 is 1.79 bits per heavy atom. The van der Waals surface area contributed by atoms with Gasteiger partial charge in [-0.05, 0) is 50.2 Å². The van der Waals surface area contributed by atoms with E-state index in [1.165, 1.54) is 18.4 Å².